The molecule has 0 fully saturated rings. The van der Waals surface area contributed by atoms with Crippen molar-refractivity contribution in [1.82, 2.24) is 15.1 Å². The lowest BCUT2D eigenvalue weighted by Crippen LogP contribution is -2.30. The molecule has 0 spiro atoms. The van der Waals surface area contributed by atoms with Crippen LogP contribution >= 0.6 is 0 Å². The molecule has 2 rings (SSSR count). The molecule has 0 aliphatic heterocycles. The second kappa shape index (κ2) is 6.78. The van der Waals surface area contributed by atoms with E-state index in [1.165, 1.54) is 0 Å². The number of para-hydroxylation sites is 1. The van der Waals surface area contributed by atoms with Crippen molar-refractivity contribution in [1.29, 1.82) is 0 Å². The summed E-state index contributed by atoms with van der Waals surface area (Å²) in [7, 11) is 3.16. The first-order valence-electron chi connectivity index (χ1n) is 6.64. The summed E-state index contributed by atoms with van der Waals surface area (Å²) < 4.78 is 12.2. The summed E-state index contributed by atoms with van der Waals surface area (Å²) in [6, 6.07) is 6.99. The van der Waals surface area contributed by atoms with Gasteiger partial charge < -0.3 is 14.8 Å². The van der Waals surface area contributed by atoms with Gasteiger partial charge in [-0.05, 0) is 19.1 Å². The van der Waals surface area contributed by atoms with Crippen LogP contribution in [0.5, 0.6) is 11.5 Å². The van der Waals surface area contributed by atoms with E-state index in [1.54, 1.807) is 44.3 Å². The smallest absolute Gasteiger partial charge is 0.244 e. The molecule has 0 aliphatic carbocycles. The molecule has 1 aromatic heterocycles. The van der Waals surface area contributed by atoms with Crippen molar-refractivity contribution < 1.29 is 14.3 Å². The van der Waals surface area contributed by atoms with Crippen molar-refractivity contribution in [3.05, 3.63) is 42.2 Å². The number of rotatable bonds is 6. The predicted octanol–water partition coefficient (Wildman–Crippen LogP) is 1.78. The largest absolute Gasteiger partial charge is 0.493 e. The SMILES string of the molecule is COc1cccc(CNC(=O)[C@@H](C)n2cccn2)c1OC. The van der Waals surface area contributed by atoms with Crippen LogP contribution in [0.3, 0.4) is 0 Å². The molecule has 0 saturated carbocycles. The minimum atomic E-state index is -0.364. The first kappa shape index (κ1) is 14.9. The lowest BCUT2D eigenvalue weighted by molar-refractivity contribution is -0.124. The molecule has 1 amide bonds. The van der Waals surface area contributed by atoms with Gasteiger partial charge in [0.1, 0.15) is 6.04 Å². The van der Waals surface area contributed by atoms with Crippen LogP contribution in [0.1, 0.15) is 18.5 Å². The van der Waals surface area contributed by atoms with Gasteiger partial charge in [0.05, 0.1) is 14.2 Å². The van der Waals surface area contributed by atoms with E-state index in [1.807, 2.05) is 18.2 Å². The van der Waals surface area contributed by atoms with E-state index in [0.29, 0.717) is 18.0 Å². The van der Waals surface area contributed by atoms with Crippen LogP contribution in [0.25, 0.3) is 0 Å². The Morgan fingerprint density at radius 1 is 1.33 bits per heavy atom. The molecule has 6 heteroatoms. The average Bonchev–Trinajstić information content (AvgIpc) is 3.05. The van der Waals surface area contributed by atoms with E-state index in [-0.39, 0.29) is 11.9 Å². The Bertz CT molecular complexity index is 596. The number of benzene rings is 1. The lowest BCUT2D eigenvalue weighted by Gasteiger charge is -2.15. The molecule has 0 radical (unpaired) electrons. The predicted molar refractivity (Wildman–Crippen MR) is 78.3 cm³/mol. The van der Waals surface area contributed by atoms with Crippen LogP contribution < -0.4 is 14.8 Å². The number of nitrogens with one attached hydrogen (secondary N) is 1. The van der Waals surface area contributed by atoms with E-state index in [4.69, 9.17) is 9.47 Å². The van der Waals surface area contributed by atoms with Crippen LogP contribution in [0.4, 0.5) is 0 Å². The third-order valence-electron chi connectivity index (χ3n) is 3.24. The summed E-state index contributed by atoms with van der Waals surface area (Å²) in [6.07, 6.45) is 3.41. The summed E-state index contributed by atoms with van der Waals surface area (Å²) >= 11 is 0. The molecule has 1 aromatic carbocycles. The Morgan fingerprint density at radius 2 is 2.14 bits per heavy atom. The van der Waals surface area contributed by atoms with Gasteiger partial charge in [0.2, 0.25) is 5.91 Å². The zero-order valence-electron chi connectivity index (χ0n) is 12.4. The Balaban J connectivity index is 2.04. The van der Waals surface area contributed by atoms with Gasteiger partial charge in [-0.1, -0.05) is 12.1 Å². The molecule has 112 valence electrons. The molecule has 0 unspecified atom stereocenters. The summed E-state index contributed by atoms with van der Waals surface area (Å²) in [4.78, 5) is 12.1. The highest BCUT2D eigenvalue weighted by atomic mass is 16.5. The van der Waals surface area contributed by atoms with Gasteiger partial charge in [-0.25, -0.2) is 0 Å². The molecular weight excluding hydrogens is 270 g/mol. The fraction of sp³-hybridized carbons (Fsp3) is 0.333. The standard InChI is InChI=1S/C15H19N3O3/c1-11(18-9-5-8-17-18)15(19)16-10-12-6-4-7-13(20-2)14(12)21-3/h4-9,11H,10H2,1-3H3,(H,16,19)/t11-/m1/s1. The first-order chi connectivity index (χ1) is 10.2. The minimum absolute atomic E-state index is 0.108. The highest BCUT2D eigenvalue weighted by molar-refractivity contribution is 5.79. The molecule has 1 atom stereocenters. The molecule has 1 N–H and O–H groups in total. The molecule has 6 nitrogen and oxygen atoms in total. The van der Waals surface area contributed by atoms with Gasteiger partial charge >= 0.3 is 0 Å². The van der Waals surface area contributed by atoms with Crippen molar-refractivity contribution in [2.24, 2.45) is 0 Å². The zero-order chi connectivity index (χ0) is 15.2. The van der Waals surface area contributed by atoms with E-state index in [9.17, 15) is 4.79 Å². The monoisotopic (exact) mass is 289 g/mol. The highest BCUT2D eigenvalue weighted by Crippen LogP contribution is 2.30. The van der Waals surface area contributed by atoms with Crippen LogP contribution in [0.15, 0.2) is 36.7 Å². The van der Waals surface area contributed by atoms with Crippen LogP contribution in [0, 0.1) is 0 Å². The third kappa shape index (κ3) is 3.34. The topological polar surface area (TPSA) is 65.4 Å². The Morgan fingerprint density at radius 3 is 2.76 bits per heavy atom. The van der Waals surface area contributed by atoms with Crippen LogP contribution in [0.2, 0.25) is 0 Å². The van der Waals surface area contributed by atoms with Crippen molar-refractivity contribution in [3.63, 3.8) is 0 Å². The molecule has 0 saturated heterocycles. The summed E-state index contributed by atoms with van der Waals surface area (Å²) in [5.74, 6) is 1.17. The average molecular weight is 289 g/mol. The van der Waals surface area contributed by atoms with Gasteiger partial charge in [-0.3, -0.25) is 9.48 Å². The fourth-order valence-corrected chi connectivity index (χ4v) is 2.05. The maximum Gasteiger partial charge on any atom is 0.244 e. The van der Waals surface area contributed by atoms with Crippen LogP contribution in [-0.4, -0.2) is 29.9 Å². The second-order valence-electron chi connectivity index (χ2n) is 4.53. The number of hydrogen-bond donors (Lipinski definition) is 1. The van der Waals surface area contributed by atoms with E-state index in [0.717, 1.165) is 5.56 Å². The molecule has 0 bridgehead atoms. The lowest BCUT2D eigenvalue weighted by atomic mass is 10.1. The van der Waals surface area contributed by atoms with Gasteiger partial charge in [0, 0.05) is 24.5 Å². The summed E-state index contributed by atoms with van der Waals surface area (Å²) in [5, 5.41) is 6.94. The number of nitrogens with zero attached hydrogens (tertiary/aromatic N) is 2. The molecular formula is C15H19N3O3. The summed E-state index contributed by atoms with van der Waals surface area (Å²) in [6.45, 7) is 2.16. The highest BCUT2D eigenvalue weighted by Gasteiger charge is 2.16. The normalized spacial score (nSPS) is 11.8. The van der Waals surface area contributed by atoms with Crippen molar-refractivity contribution in [3.8, 4) is 11.5 Å². The summed E-state index contributed by atoms with van der Waals surface area (Å²) in [5.41, 5.74) is 0.859. The maximum absolute atomic E-state index is 12.1. The number of methoxy groups -OCH3 is 2. The molecule has 0 aliphatic rings. The van der Waals surface area contributed by atoms with Gasteiger partial charge in [-0.15, -0.1) is 0 Å². The van der Waals surface area contributed by atoms with E-state index < -0.39 is 0 Å². The maximum atomic E-state index is 12.1. The number of aromatic nitrogens is 2. The van der Waals surface area contributed by atoms with E-state index >= 15 is 0 Å². The zero-order valence-corrected chi connectivity index (χ0v) is 12.4. The second-order valence-corrected chi connectivity index (χ2v) is 4.53. The van der Waals surface area contributed by atoms with Crippen molar-refractivity contribution in [2.75, 3.05) is 14.2 Å². The Hall–Kier alpha value is -2.50. The Labute approximate surface area is 123 Å². The minimum Gasteiger partial charge on any atom is -0.493 e. The van der Waals surface area contributed by atoms with E-state index in [2.05, 4.69) is 10.4 Å². The molecule has 21 heavy (non-hydrogen) atoms. The number of hydrogen-bond acceptors (Lipinski definition) is 4. The van der Waals surface area contributed by atoms with Gasteiger partial charge in [0.15, 0.2) is 11.5 Å². The third-order valence-corrected chi connectivity index (χ3v) is 3.24. The first-order valence-corrected chi connectivity index (χ1v) is 6.64. The number of carbonyl (C=O) groups excluding carboxylic acids is 1. The molecule has 1 heterocycles. The van der Waals surface area contributed by atoms with Gasteiger partial charge in [-0.2, -0.15) is 5.10 Å². The molecule has 2 aromatic rings. The number of amides is 1. The quantitative estimate of drug-likeness (QED) is 0.880. The van der Waals surface area contributed by atoms with Crippen molar-refractivity contribution in [2.45, 2.75) is 19.5 Å². The number of ether oxygens (including phenoxy) is 2. The Kier molecular flexibility index (Phi) is 4.81. The van der Waals surface area contributed by atoms with Crippen LogP contribution in [-0.2, 0) is 11.3 Å². The fourth-order valence-electron chi connectivity index (χ4n) is 2.05. The van der Waals surface area contributed by atoms with Gasteiger partial charge in [0.25, 0.3) is 0 Å². The van der Waals surface area contributed by atoms with Crippen molar-refractivity contribution >= 4 is 5.91 Å². The number of carbonyl (C=O) groups is 1.